The van der Waals surface area contributed by atoms with Gasteiger partial charge >= 0.3 is 0 Å². The van der Waals surface area contributed by atoms with Crippen molar-refractivity contribution in [3.05, 3.63) is 12.3 Å². The lowest BCUT2D eigenvalue weighted by molar-refractivity contribution is -0.403. The van der Waals surface area contributed by atoms with Crippen LogP contribution in [0.3, 0.4) is 0 Å². The number of ether oxygens (including phenoxy) is 4. The fourth-order valence-electron chi connectivity index (χ4n) is 2.38. The van der Waals surface area contributed by atoms with Crippen LogP contribution in [0.1, 0.15) is 34.6 Å². The molecular weight excluding hydrogens is 300 g/mol. The van der Waals surface area contributed by atoms with Gasteiger partial charge in [-0.3, -0.25) is 0 Å². The first-order chi connectivity index (χ1) is 9.93. The molecule has 128 valence electrons. The van der Waals surface area contributed by atoms with Crippen LogP contribution in [0.25, 0.3) is 0 Å². The predicted octanol–water partition coefficient (Wildman–Crippen LogP) is 3.41. The van der Waals surface area contributed by atoms with Gasteiger partial charge < -0.3 is 23.4 Å². The average molecular weight is 330 g/mol. The van der Waals surface area contributed by atoms with Crippen molar-refractivity contribution in [3.8, 4) is 0 Å². The largest absolute Gasteiger partial charge is 0.465 e. The van der Waals surface area contributed by atoms with Crippen molar-refractivity contribution < 1.29 is 23.4 Å². The zero-order valence-electron chi connectivity index (χ0n) is 15.1. The molecule has 0 spiro atoms. The predicted molar refractivity (Wildman–Crippen MR) is 86.9 cm³/mol. The number of hydrogen-bond donors (Lipinski definition) is 0. The van der Waals surface area contributed by atoms with Gasteiger partial charge in [-0.05, 0) is 38.1 Å². The number of fused-ring (bicyclic) bond motifs is 1. The maximum atomic E-state index is 6.54. The zero-order chi connectivity index (χ0) is 16.8. The third-order valence-corrected chi connectivity index (χ3v) is 9.36. The van der Waals surface area contributed by atoms with Crippen LogP contribution in [0, 0.1) is 0 Å². The molecule has 0 amide bonds. The summed E-state index contributed by atoms with van der Waals surface area (Å²) in [6, 6.07) is 0. The summed E-state index contributed by atoms with van der Waals surface area (Å²) < 4.78 is 29.7. The minimum Gasteiger partial charge on any atom is -0.465 e. The normalized spacial score (nSPS) is 34.9. The summed E-state index contributed by atoms with van der Waals surface area (Å²) >= 11 is 0. The van der Waals surface area contributed by atoms with E-state index in [9.17, 15) is 0 Å². The first-order valence-electron chi connectivity index (χ1n) is 7.82. The van der Waals surface area contributed by atoms with Crippen molar-refractivity contribution in [1.29, 1.82) is 0 Å². The molecule has 0 radical (unpaired) electrons. The highest BCUT2D eigenvalue weighted by Crippen LogP contribution is 2.42. The SMILES string of the molecule is CO[C@@]12COC(C)(C)O[C@H]1[C@H](O[Si](C)(C)C(C)(C)C)C=CO2. The molecule has 6 heteroatoms. The van der Waals surface area contributed by atoms with Gasteiger partial charge in [-0.25, -0.2) is 0 Å². The quantitative estimate of drug-likeness (QED) is 0.742. The molecule has 0 unspecified atom stereocenters. The summed E-state index contributed by atoms with van der Waals surface area (Å²) in [5.74, 6) is -1.63. The lowest BCUT2D eigenvalue weighted by Gasteiger charge is -2.52. The van der Waals surface area contributed by atoms with Gasteiger partial charge in [0.2, 0.25) is 0 Å². The second kappa shape index (κ2) is 5.60. The molecule has 5 nitrogen and oxygen atoms in total. The molecule has 2 heterocycles. The number of methoxy groups -OCH3 is 1. The van der Waals surface area contributed by atoms with Gasteiger partial charge in [0, 0.05) is 7.11 Å². The summed E-state index contributed by atoms with van der Waals surface area (Å²) in [7, 11) is -0.332. The Morgan fingerprint density at radius 3 is 2.41 bits per heavy atom. The van der Waals surface area contributed by atoms with E-state index in [2.05, 4.69) is 33.9 Å². The molecule has 0 aliphatic carbocycles. The van der Waals surface area contributed by atoms with Gasteiger partial charge in [0.05, 0.1) is 12.4 Å². The first kappa shape index (κ1) is 17.9. The molecule has 3 atom stereocenters. The Kier molecular flexibility index (Phi) is 4.56. The van der Waals surface area contributed by atoms with E-state index in [0.717, 1.165) is 0 Å². The summed E-state index contributed by atoms with van der Waals surface area (Å²) in [6.07, 6.45) is 2.99. The molecular formula is C16H30O5Si. The van der Waals surface area contributed by atoms with Gasteiger partial charge in [0.1, 0.15) is 6.61 Å². The summed E-state index contributed by atoms with van der Waals surface area (Å²) in [6.45, 7) is 15.2. The average Bonchev–Trinajstić information content (AvgIpc) is 2.37. The molecule has 1 fully saturated rings. The van der Waals surface area contributed by atoms with Crippen LogP contribution in [-0.2, 0) is 23.4 Å². The molecule has 1 saturated heterocycles. The van der Waals surface area contributed by atoms with E-state index in [-0.39, 0.29) is 17.2 Å². The Morgan fingerprint density at radius 1 is 1.23 bits per heavy atom. The van der Waals surface area contributed by atoms with Crippen molar-refractivity contribution >= 4 is 8.32 Å². The number of hydrogen-bond acceptors (Lipinski definition) is 5. The maximum Gasteiger partial charge on any atom is 0.262 e. The molecule has 0 aromatic heterocycles. The lowest BCUT2D eigenvalue weighted by Crippen LogP contribution is -2.66. The topological polar surface area (TPSA) is 46.2 Å². The van der Waals surface area contributed by atoms with Crippen LogP contribution in [0.15, 0.2) is 12.3 Å². The van der Waals surface area contributed by atoms with Crippen molar-refractivity contribution in [1.82, 2.24) is 0 Å². The molecule has 2 aliphatic rings. The van der Waals surface area contributed by atoms with Crippen LogP contribution in [-0.4, -0.2) is 45.8 Å². The Morgan fingerprint density at radius 2 is 1.86 bits per heavy atom. The molecule has 0 saturated carbocycles. The van der Waals surface area contributed by atoms with E-state index < -0.39 is 19.9 Å². The van der Waals surface area contributed by atoms with Crippen LogP contribution >= 0.6 is 0 Å². The van der Waals surface area contributed by atoms with Crippen LogP contribution in [0.4, 0.5) is 0 Å². The zero-order valence-corrected chi connectivity index (χ0v) is 16.1. The monoisotopic (exact) mass is 330 g/mol. The van der Waals surface area contributed by atoms with E-state index in [0.29, 0.717) is 6.61 Å². The van der Waals surface area contributed by atoms with Crippen LogP contribution in [0.2, 0.25) is 18.1 Å². The standard InChI is InChI=1S/C16H30O5Si/c1-14(2,3)22(7,8)21-12-9-10-18-16(17-6)11-19-15(4,5)20-13(12)16/h9-10,12-13H,11H2,1-8H3/t12-,13+,16-/m1/s1. The van der Waals surface area contributed by atoms with E-state index in [1.54, 1.807) is 13.4 Å². The van der Waals surface area contributed by atoms with Gasteiger partial charge in [0.15, 0.2) is 20.2 Å². The molecule has 0 bridgehead atoms. The molecule has 0 aromatic rings. The smallest absolute Gasteiger partial charge is 0.262 e. The Balaban J connectivity index is 2.28. The Bertz CT molecular complexity index is 440. The Hall–Kier alpha value is -0.403. The van der Waals surface area contributed by atoms with Gasteiger partial charge in [-0.2, -0.15) is 0 Å². The van der Waals surface area contributed by atoms with Gasteiger partial charge in [-0.1, -0.05) is 20.8 Å². The molecule has 0 aromatic carbocycles. The van der Waals surface area contributed by atoms with Crippen molar-refractivity contribution in [2.75, 3.05) is 13.7 Å². The highest BCUT2D eigenvalue weighted by atomic mass is 28.4. The Labute approximate surface area is 135 Å². The summed E-state index contributed by atoms with van der Waals surface area (Å²) in [5.41, 5.74) is 0. The van der Waals surface area contributed by atoms with E-state index in [4.69, 9.17) is 23.4 Å². The second-order valence-electron chi connectivity index (χ2n) is 8.03. The summed E-state index contributed by atoms with van der Waals surface area (Å²) in [5, 5.41) is 0.121. The van der Waals surface area contributed by atoms with Crippen LogP contribution < -0.4 is 0 Å². The fourth-order valence-corrected chi connectivity index (χ4v) is 3.61. The van der Waals surface area contributed by atoms with Crippen molar-refractivity contribution in [2.45, 2.75) is 76.5 Å². The van der Waals surface area contributed by atoms with Gasteiger partial charge in [-0.15, -0.1) is 0 Å². The van der Waals surface area contributed by atoms with E-state index >= 15 is 0 Å². The van der Waals surface area contributed by atoms with Gasteiger partial charge in [0.25, 0.3) is 5.79 Å². The summed E-state index contributed by atoms with van der Waals surface area (Å²) in [4.78, 5) is 0. The van der Waals surface area contributed by atoms with Crippen molar-refractivity contribution in [2.24, 2.45) is 0 Å². The lowest BCUT2D eigenvalue weighted by atomic mass is 10.0. The third kappa shape index (κ3) is 3.26. The number of rotatable bonds is 3. The third-order valence-electron chi connectivity index (χ3n) is 4.88. The first-order valence-corrected chi connectivity index (χ1v) is 10.7. The minimum absolute atomic E-state index is 0.121. The van der Waals surface area contributed by atoms with Crippen LogP contribution in [0.5, 0.6) is 0 Å². The fraction of sp³-hybridized carbons (Fsp3) is 0.875. The maximum absolute atomic E-state index is 6.54. The molecule has 2 aliphatic heterocycles. The molecule has 2 rings (SSSR count). The molecule has 22 heavy (non-hydrogen) atoms. The second-order valence-corrected chi connectivity index (χ2v) is 12.8. The van der Waals surface area contributed by atoms with Crippen molar-refractivity contribution in [3.63, 3.8) is 0 Å². The highest BCUT2D eigenvalue weighted by Gasteiger charge is 2.56. The van der Waals surface area contributed by atoms with E-state index in [1.807, 2.05) is 19.9 Å². The highest BCUT2D eigenvalue weighted by molar-refractivity contribution is 6.74. The molecule has 0 N–H and O–H groups in total. The van der Waals surface area contributed by atoms with E-state index in [1.165, 1.54) is 0 Å². The minimum atomic E-state index is -1.94.